The molecule has 1 aromatic rings. The number of amides is 1. The van der Waals surface area contributed by atoms with Gasteiger partial charge in [0.1, 0.15) is 10.8 Å². The molecular formula is C9H16N4OS. The molecule has 4 N–H and O–H groups in total. The SMILES string of the molecule is CC(C)(C)NC(=O)CNc1cc(N)ns1. The van der Waals surface area contributed by atoms with E-state index >= 15 is 0 Å². The summed E-state index contributed by atoms with van der Waals surface area (Å²) in [5.74, 6) is 0.424. The van der Waals surface area contributed by atoms with Crippen LogP contribution in [-0.4, -0.2) is 22.4 Å². The number of nitrogen functional groups attached to an aromatic ring is 1. The number of hydrogen-bond acceptors (Lipinski definition) is 5. The van der Waals surface area contributed by atoms with Crippen LogP contribution in [0.5, 0.6) is 0 Å². The first-order valence-electron chi connectivity index (χ1n) is 4.64. The van der Waals surface area contributed by atoms with Crippen molar-refractivity contribution >= 4 is 28.3 Å². The number of aromatic nitrogens is 1. The molecule has 0 aromatic carbocycles. The zero-order valence-corrected chi connectivity index (χ0v) is 9.94. The van der Waals surface area contributed by atoms with Gasteiger partial charge in [-0.25, -0.2) is 0 Å². The van der Waals surface area contributed by atoms with Gasteiger partial charge in [-0.2, -0.15) is 4.37 Å². The zero-order valence-electron chi connectivity index (χ0n) is 9.13. The number of rotatable bonds is 3. The highest BCUT2D eigenvalue weighted by atomic mass is 32.1. The number of carbonyl (C=O) groups excluding carboxylic acids is 1. The molecule has 0 atom stereocenters. The van der Waals surface area contributed by atoms with E-state index in [1.165, 1.54) is 11.5 Å². The topological polar surface area (TPSA) is 80.0 Å². The average Bonchev–Trinajstić information content (AvgIpc) is 2.45. The predicted octanol–water partition coefficient (Wildman–Crippen LogP) is 1.05. The molecule has 5 nitrogen and oxygen atoms in total. The first-order chi connectivity index (χ1) is 6.87. The van der Waals surface area contributed by atoms with E-state index in [9.17, 15) is 4.79 Å². The minimum Gasteiger partial charge on any atom is -0.383 e. The van der Waals surface area contributed by atoms with Gasteiger partial charge in [0, 0.05) is 11.6 Å². The van der Waals surface area contributed by atoms with Gasteiger partial charge in [-0.1, -0.05) is 0 Å². The Kier molecular flexibility index (Phi) is 3.52. The molecule has 0 aliphatic rings. The molecule has 1 heterocycles. The van der Waals surface area contributed by atoms with E-state index in [0.717, 1.165) is 5.00 Å². The molecule has 0 saturated carbocycles. The molecule has 0 aliphatic carbocycles. The maximum Gasteiger partial charge on any atom is 0.239 e. The Morgan fingerprint density at radius 2 is 2.27 bits per heavy atom. The van der Waals surface area contributed by atoms with E-state index in [-0.39, 0.29) is 18.0 Å². The molecule has 0 fully saturated rings. The second-order valence-corrected chi connectivity index (χ2v) is 5.07. The van der Waals surface area contributed by atoms with Crippen LogP contribution in [0.25, 0.3) is 0 Å². The fraction of sp³-hybridized carbons (Fsp3) is 0.556. The van der Waals surface area contributed by atoms with E-state index in [1.54, 1.807) is 6.07 Å². The third kappa shape index (κ3) is 4.64. The lowest BCUT2D eigenvalue weighted by Gasteiger charge is -2.20. The second-order valence-electron chi connectivity index (χ2n) is 4.27. The van der Waals surface area contributed by atoms with E-state index in [4.69, 9.17) is 5.73 Å². The highest BCUT2D eigenvalue weighted by molar-refractivity contribution is 7.10. The number of anilines is 2. The van der Waals surface area contributed by atoms with E-state index in [2.05, 4.69) is 15.0 Å². The average molecular weight is 228 g/mol. The molecule has 1 aromatic heterocycles. The molecule has 0 spiro atoms. The van der Waals surface area contributed by atoms with Crippen LogP contribution in [0.3, 0.4) is 0 Å². The lowest BCUT2D eigenvalue weighted by molar-refractivity contribution is -0.120. The Morgan fingerprint density at radius 3 is 2.73 bits per heavy atom. The highest BCUT2D eigenvalue weighted by Crippen LogP contribution is 2.16. The quantitative estimate of drug-likeness (QED) is 0.722. The molecule has 1 amide bonds. The summed E-state index contributed by atoms with van der Waals surface area (Å²) in [6.45, 7) is 6.06. The maximum atomic E-state index is 11.4. The molecule has 1 rings (SSSR count). The standard InChI is InChI=1S/C9H16N4OS/c1-9(2,3)12-7(14)5-11-8-4-6(10)13-15-8/h4,11H,5H2,1-3H3,(H2,10,13)(H,12,14). The molecule has 0 aliphatic heterocycles. The van der Waals surface area contributed by atoms with Crippen molar-refractivity contribution in [3.8, 4) is 0 Å². The van der Waals surface area contributed by atoms with Crippen molar-refractivity contribution in [1.29, 1.82) is 0 Å². The minimum atomic E-state index is -0.203. The summed E-state index contributed by atoms with van der Waals surface area (Å²) in [5.41, 5.74) is 5.24. The van der Waals surface area contributed by atoms with Gasteiger partial charge in [0.25, 0.3) is 0 Å². The van der Waals surface area contributed by atoms with Crippen LogP contribution in [0.2, 0.25) is 0 Å². The van der Waals surface area contributed by atoms with Crippen LogP contribution < -0.4 is 16.4 Å². The molecule has 15 heavy (non-hydrogen) atoms. The van der Waals surface area contributed by atoms with E-state index in [0.29, 0.717) is 5.82 Å². The van der Waals surface area contributed by atoms with Gasteiger partial charge >= 0.3 is 0 Å². The Hall–Kier alpha value is -1.30. The lowest BCUT2D eigenvalue weighted by atomic mass is 10.1. The number of nitrogens with two attached hydrogens (primary N) is 1. The summed E-state index contributed by atoms with van der Waals surface area (Å²) in [5, 5.41) is 6.60. The first kappa shape index (κ1) is 11.8. The normalized spacial score (nSPS) is 11.1. The van der Waals surface area contributed by atoms with Gasteiger partial charge in [0.2, 0.25) is 5.91 Å². The van der Waals surface area contributed by atoms with E-state index < -0.39 is 0 Å². The number of nitrogens with zero attached hydrogens (tertiary/aromatic N) is 1. The van der Waals surface area contributed by atoms with Gasteiger partial charge < -0.3 is 16.4 Å². The fourth-order valence-electron chi connectivity index (χ4n) is 1.00. The van der Waals surface area contributed by atoms with Gasteiger partial charge in [0.15, 0.2) is 0 Å². The fourth-order valence-corrected chi connectivity index (χ4v) is 1.57. The van der Waals surface area contributed by atoms with Crippen molar-refractivity contribution in [2.24, 2.45) is 0 Å². The van der Waals surface area contributed by atoms with Gasteiger partial charge in [-0.15, -0.1) is 0 Å². The Bertz CT molecular complexity index is 342. The summed E-state index contributed by atoms with van der Waals surface area (Å²) < 4.78 is 3.89. The largest absolute Gasteiger partial charge is 0.383 e. The highest BCUT2D eigenvalue weighted by Gasteiger charge is 2.13. The Morgan fingerprint density at radius 1 is 1.60 bits per heavy atom. The Balaban J connectivity index is 2.35. The number of hydrogen-bond donors (Lipinski definition) is 3. The third-order valence-electron chi connectivity index (χ3n) is 1.47. The summed E-state index contributed by atoms with van der Waals surface area (Å²) >= 11 is 1.24. The van der Waals surface area contributed by atoms with Crippen molar-refractivity contribution in [3.63, 3.8) is 0 Å². The van der Waals surface area contributed by atoms with Crippen molar-refractivity contribution in [2.75, 3.05) is 17.6 Å². The van der Waals surface area contributed by atoms with Crippen LogP contribution in [0.1, 0.15) is 20.8 Å². The van der Waals surface area contributed by atoms with Crippen molar-refractivity contribution in [3.05, 3.63) is 6.07 Å². The minimum absolute atomic E-state index is 0.0468. The lowest BCUT2D eigenvalue weighted by Crippen LogP contribution is -2.43. The van der Waals surface area contributed by atoms with Crippen LogP contribution in [-0.2, 0) is 4.79 Å². The summed E-state index contributed by atoms with van der Waals surface area (Å²) in [4.78, 5) is 11.4. The van der Waals surface area contributed by atoms with Gasteiger partial charge in [-0.05, 0) is 32.3 Å². The van der Waals surface area contributed by atoms with Gasteiger partial charge in [-0.3, -0.25) is 4.79 Å². The third-order valence-corrected chi connectivity index (χ3v) is 2.23. The van der Waals surface area contributed by atoms with Crippen LogP contribution >= 0.6 is 11.5 Å². The molecule has 0 radical (unpaired) electrons. The van der Waals surface area contributed by atoms with Crippen LogP contribution in [0, 0.1) is 0 Å². The molecule has 6 heteroatoms. The number of carbonyl (C=O) groups is 1. The molecular weight excluding hydrogens is 212 g/mol. The summed E-state index contributed by atoms with van der Waals surface area (Å²) in [6.07, 6.45) is 0. The zero-order chi connectivity index (χ0) is 11.5. The van der Waals surface area contributed by atoms with Crippen LogP contribution in [0.4, 0.5) is 10.8 Å². The van der Waals surface area contributed by atoms with Crippen LogP contribution in [0.15, 0.2) is 6.07 Å². The van der Waals surface area contributed by atoms with Crippen molar-refractivity contribution in [2.45, 2.75) is 26.3 Å². The second kappa shape index (κ2) is 4.48. The molecule has 0 bridgehead atoms. The van der Waals surface area contributed by atoms with Crippen molar-refractivity contribution < 1.29 is 4.79 Å². The van der Waals surface area contributed by atoms with Gasteiger partial charge in [0.05, 0.1) is 6.54 Å². The molecule has 0 unspecified atom stereocenters. The summed E-state index contributed by atoms with van der Waals surface area (Å²) in [6, 6.07) is 1.70. The monoisotopic (exact) mass is 228 g/mol. The van der Waals surface area contributed by atoms with Crippen molar-refractivity contribution in [1.82, 2.24) is 9.69 Å². The molecule has 0 saturated heterocycles. The first-order valence-corrected chi connectivity index (χ1v) is 5.41. The smallest absolute Gasteiger partial charge is 0.239 e. The summed E-state index contributed by atoms with van der Waals surface area (Å²) in [7, 11) is 0. The molecule has 84 valence electrons. The van der Waals surface area contributed by atoms with E-state index in [1.807, 2.05) is 20.8 Å². The number of nitrogens with one attached hydrogen (secondary N) is 2. The predicted molar refractivity (Wildman–Crippen MR) is 62.9 cm³/mol. The maximum absolute atomic E-state index is 11.4. The Labute approximate surface area is 93.2 Å².